The summed E-state index contributed by atoms with van der Waals surface area (Å²) in [6.45, 7) is 3.97. The number of halogens is 2. The standard InChI is InChI=1S/C21H24Cl2N4O3/c1-13(2)25-21(30)24-11-14-4-6-15(7-5-14)20(29)27(3)12-19(28)26-16-8-9-17(22)18(23)10-16/h4-10,13H,11-12H2,1-3H3,(H,26,28)(H2,24,25,30). The Morgan fingerprint density at radius 3 is 2.27 bits per heavy atom. The molecule has 30 heavy (non-hydrogen) atoms. The minimum atomic E-state index is -0.360. The molecule has 0 radical (unpaired) electrons. The molecule has 0 aliphatic carbocycles. The van der Waals surface area contributed by atoms with E-state index in [4.69, 9.17) is 23.2 Å². The number of hydrogen-bond acceptors (Lipinski definition) is 3. The van der Waals surface area contributed by atoms with Crippen LogP contribution in [-0.2, 0) is 11.3 Å². The molecule has 0 aliphatic rings. The topological polar surface area (TPSA) is 90.5 Å². The van der Waals surface area contributed by atoms with Crippen molar-refractivity contribution in [2.45, 2.75) is 26.4 Å². The minimum absolute atomic E-state index is 0.0504. The van der Waals surface area contributed by atoms with Crippen LogP contribution in [0.2, 0.25) is 10.0 Å². The van der Waals surface area contributed by atoms with Gasteiger partial charge >= 0.3 is 6.03 Å². The zero-order valence-electron chi connectivity index (χ0n) is 17.0. The quantitative estimate of drug-likeness (QED) is 0.596. The SMILES string of the molecule is CC(C)NC(=O)NCc1ccc(C(=O)N(C)CC(=O)Nc2ccc(Cl)c(Cl)c2)cc1. The Labute approximate surface area is 185 Å². The average Bonchev–Trinajstić information content (AvgIpc) is 2.68. The van der Waals surface area contributed by atoms with Crippen LogP contribution in [0.4, 0.5) is 10.5 Å². The fraction of sp³-hybridized carbons (Fsp3) is 0.286. The van der Waals surface area contributed by atoms with Crippen LogP contribution in [0.5, 0.6) is 0 Å². The molecule has 2 aromatic carbocycles. The van der Waals surface area contributed by atoms with E-state index in [9.17, 15) is 14.4 Å². The minimum Gasteiger partial charge on any atom is -0.336 e. The lowest BCUT2D eigenvalue weighted by Gasteiger charge is -2.17. The van der Waals surface area contributed by atoms with Gasteiger partial charge in [0, 0.05) is 30.9 Å². The summed E-state index contributed by atoms with van der Waals surface area (Å²) in [5, 5.41) is 8.87. The number of nitrogens with one attached hydrogen (secondary N) is 3. The summed E-state index contributed by atoms with van der Waals surface area (Å²) in [6, 6.07) is 11.4. The molecule has 160 valence electrons. The molecule has 4 amide bonds. The number of hydrogen-bond donors (Lipinski definition) is 3. The van der Waals surface area contributed by atoms with E-state index >= 15 is 0 Å². The molecule has 0 bridgehead atoms. The summed E-state index contributed by atoms with van der Waals surface area (Å²) >= 11 is 11.8. The number of urea groups is 1. The van der Waals surface area contributed by atoms with Gasteiger partial charge in [-0.1, -0.05) is 35.3 Å². The highest BCUT2D eigenvalue weighted by atomic mass is 35.5. The van der Waals surface area contributed by atoms with Crippen molar-refractivity contribution in [3.8, 4) is 0 Å². The van der Waals surface area contributed by atoms with Gasteiger partial charge in [-0.3, -0.25) is 9.59 Å². The molecular formula is C21H24Cl2N4O3. The molecule has 0 spiro atoms. The Bertz CT molecular complexity index is 917. The molecule has 0 aliphatic heterocycles. The van der Waals surface area contributed by atoms with Gasteiger partial charge in [-0.2, -0.15) is 0 Å². The summed E-state index contributed by atoms with van der Waals surface area (Å²) in [6.07, 6.45) is 0. The van der Waals surface area contributed by atoms with Crippen molar-refractivity contribution in [1.82, 2.24) is 15.5 Å². The molecule has 0 aromatic heterocycles. The van der Waals surface area contributed by atoms with Crippen LogP contribution in [0.3, 0.4) is 0 Å². The van der Waals surface area contributed by atoms with Crippen molar-refractivity contribution in [2.24, 2.45) is 0 Å². The highest BCUT2D eigenvalue weighted by Crippen LogP contribution is 2.24. The van der Waals surface area contributed by atoms with Gasteiger partial charge in [0.25, 0.3) is 5.91 Å². The molecule has 0 saturated heterocycles. The first-order valence-corrected chi connectivity index (χ1v) is 10.0. The number of rotatable bonds is 7. The summed E-state index contributed by atoms with van der Waals surface area (Å²) in [4.78, 5) is 37.7. The number of anilines is 1. The summed E-state index contributed by atoms with van der Waals surface area (Å²) in [5.41, 5.74) is 1.79. The normalized spacial score (nSPS) is 10.5. The first-order valence-electron chi connectivity index (χ1n) is 9.29. The van der Waals surface area contributed by atoms with Crippen molar-refractivity contribution in [3.63, 3.8) is 0 Å². The van der Waals surface area contributed by atoms with Crippen LogP contribution in [-0.4, -0.2) is 42.4 Å². The van der Waals surface area contributed by atoms with Crippen LogP contribution in [0.25, 0.3) is 0 Å². The third-order valence-electron chi connectivity index (χ3n) is 4.00. The van der Waals surface area contributed by atoms with Crippen LogP contribution < -0.4 is 16.0 Å². The third kappa shape index (κ3) is 7.24. The van der Waals surface area contributed by atoms with Crippen molar-refractivity contribution in [3.05, 3.63) is 63.6 Å². The number of benzene rings is 2. The molecule has 0 fully saturated rings. The van der Waals surface area contributed by atoms with E-state index in [1.54, 1.807) is 43.4 Å². The zero-order chi connectivity index (χ0) is 22.3. The maximum absolute atomic E-state index is 12.6. The maximum atomic E-state index is 12.6. The number of nitrogens with zero attached hydrogens (tertiary/aromatic N) is 1. The lowest BCUT2D eigenvalue weighted by atomic mass is 10.1. The molecule has 2 rings (SSSR count). The molecular weight excluding hydrogens is 427 g/mol. The Morgan fingerprint density at radius 2 is 1.67 bits per heavy atom. The van der Waals surface area contributed by atoms with Gasteiger partial charge < -0.3 is 20.9 Å². The van der Waals surface area contributed by atoms with Crippen molar-refractivity contribution in [2.75, 3.05) is 18.9 Å². The number of amides is 4. The monoisotopic (exact) mass is 450 g/mol. The van der Waals surface area contributed by atoms with Gasteiger partial charge in [-0.15, -0.1) is 0 Å². The summed E-state index contributed by atoms with van der Waals surface area (Å²) < 4.78 is 0. The smallest absolute Gasteiger partial charge is 0.315 e. The zero-order valence-corrected chi connectivity index (χ0v) is 18.5. The molecule has 7 nitrogen and oxygen atoms in total. The van der Waals surface area contributed by atoms with Crippen molar-refractivity contribution in [1.29, 1.82) is 0 Å². The molecule has 2 aromatic rings. The van der Waals surface area contributed by atoms with Crippen LogP contribution in [0.1, 0.15) is 29.8 Å². The maximum Gasteiger partial charge on any atom is 0.315 e. The number of likely N-dealkylation sites (N-methyl/N-ethyl adjacent to an activating group) is 1. The fourth-order valence-corrected chi connectivity index (χ4v) is 2.84. The van der Waals surface area contributed by atoms with E-state index in [2.05, 4.69) is 16.0 Å². The van der Waals surface area contributed by atoms with Gasteiger partial charge in [0.05, 0.1) is 16.6 Å². The lowest BCUT2D eigenvalue weighted by molar-refractivity contribution is -0.116. The second-order valence-electron chi connectivity index (χ2n) is 7.02. The van der Waals surface area contributed by atoms with Crippen LogP contribution in [0.15, 0.2) is 42.5 Å². The van der Waals surface area contributed by atoms with E-state index in [0.29, 0.717) is 27.8 Å². The van der Waals surface area contributed by atoms with E-state index in [1.165, 1.54) is 11.0 Å². The second kappa shape index (κ2) is 10.8. The van der Waals surface area contributed by atoms with E-state index in [0.717, 1.165) is 5.56 Å². The van der Waals surface area contributed by atoms with Crippen molar-refractivity contribution >= 4 is 46.7 Å². The Kier molecular flexibility index (Phi) is 8.50. The first-order chi connectivity index (χ1) is 14.2. The van der Waals surface area contributed by atoms with Crippen molar-refractivity contribution < 1.29 is 14.4 Å². The van der Waals surface area contributed by atoms with Gasteiger partial charge in [-0.25, -0.2) is 4.79 Å². The number of carbonyl (C=O) groups excluding carboxylic acids is 3. The summed E-state index contributed by atoms with van der Waals surface area (Å²) in [5.74, 6) is -0.655. The third-order valence-corrected chi connectivity index (χ3v) is 4.74. The first kappa shape index (κ1) is 23.5. The molecule has 9 heteroatoms. The van der Waals surface area contributed by atoms with Gasteiger partial charge in [0.15, 0.2) is 0 Å². The average molecular weight is 451 g/mol. The molecule has 0 unspecified atom stereocenters. The molecule has 0 heterocycles. The summed E-state index contributed by atoms with van der Waals surface area (Å²) in [7, 11) is 1.54. The highest BCUT2D eigenvalue weighted by Gasteiger charge is 2.15. The van der Waals surface area contributed by atoms with Gasteiger partial charge in [0.2, 0.25) is 5.91 Å². The van der Waals surface area contributed by atoms with E-state index in [1.807, 2.05) is 13.8 Å². The lowest BCUT2D eigenvalue weighted by Crippen LogP contribution is -2.39. The van der Waals surface area contributed by atoms with Gasteiger partial charge in [0.1, 0.15) is 0 Å². The molecule has 0 saturated carbocycles. The van der Waals surface area contributed by atoms with Crippen LogP contribution >= 0.6 is 23.2 Å². The van der Waals surface area contributed by atoms with Gasteiger partial charge in [-0.05, 0) is 49.7 Å². The Balaban J connectivity index is 1.88. The molecule has 0 atom stereocenters. The second-order valence-corrected chi connectivity index (χ2v) is 7.83. The Hall–Kier alpha value is -2.77. The fourth-order valence-electron chi connectivity index (χ4n) is 2.54. The Morgan fingerprint density at radius 1 is 1.00 bits per heavy atom. The largest absolute Gasteiger partial charge is 0.336 e. The highest BCUT2D eigenvalue weighted by molar-refractivity contribution is 6.42. The van der Waals surface area contributed by atoms with Crippen LogP contribution in [0, 0.1) is 0 Å². The van der Waals surface area contributed by atoms with E-state index < -0.39 is 0 Å². The molecule has 3 N–H and O–H groups in total. The predicted molar refractivity (Wildman–Crippen MR) is 119 cm³/mol. The predicted octanol–water partition coefficient (Wildman–Crippen LogP) is 3.91. The van der Waals surface area contributed by atoms with E-state index in [-0.39, 0.29) is 30.4 Å². The number of carbonyl (C=O) groups is 3.